The van der Waals surface area contributed by atoms with Crippen molar-refractivity contribution in [3.63, 3.8) is 0 Å². The molecule has 0 N–H and O–H groups in total. The number of aliphatic imine (C=N–C) groups is 1. The molecule has 6 heteroatoms. The van der Waals surface area contributed by atoms with Crippen LogP contribution < -0.4 is 0 Å². The van der Waals surface area contributed by atoms with Crippen LogP contribution in [0.2, 0.25) is 0 Å². The van der Waals surface area contributed by atoms with Gasteiger partial charge in [0.25, 0.3) is 0 Å². The van der Waals surface area contributed by atoms with Gasteiger partial charge < -0.3 is 9.64 Å². The second-order valence-corrected chi connectivity index (χ2v) is 9.69. The predicted molar refractivity (Wildman–Crippen MR) is 140 cm³/mol. The maximum absolute atomic E-state index is 13.5. The van der Waals surface area contributed by atoms with Gasteiger partial charge in [-0.2, -0.15) is 5.10 Å². The highest BCUT2D eigenvalue weighted by molar-refractivity contribution is 5.69. The fourth-order valence-corrected chi connectivity index (χ4v) is 5.37. The van der Waals surface area contributed by atoms with E-state index in [1.165, 1.54) is 23.4 Å². The first-order valence-corrected chi connectivity index (χ1v) is 12.9. The van der Waals surface area contributed by atoms with Crippen LogP contribution in [0.5, 0.6) is 0 Å². The summed E-state index contributed by atoms with van der Waals surface area (Å²) in [7, 11) is 1.83. The fraction of sp³-hybridized carbons (Fsp3) is 0.448. The number of allylic oxidation sites excluding steroid dienone is 4. The van der Waals surface area contributed by atoms with Crippen molar-refractivity contribution in [1.29, 1.82) is 0 Å². The predicted octanol–water partition coefficient (Wildman–Crippen LogP) is 6.21. The third kappa shape index (κ3) is 5.71. The Morgan fingerprint density at radius 1 is 1.11 bits per heavy atom. The molecule has 35 heavy (non-hydrogen) atoms. The number of hydrogen-bond donors (Lipinski definition) is 0. The maximum Gasteiger partial charge on any atom is 0.149 e. The molecule has 2 aliphatic heterocycles. The molecule has 5 nitrogen and oxygen atoms in total. The van der Waals surface area contributed by atoms with Gasteiger partial charge in [0.1, 0.15) is 11.6 Å². The van der Waals surface area contributed by atoms with Gasteiger partial charge in [0.05, 0.1) is 11.8 Å². The quantitative estimate of drug-likeness (QED) is 0.479. The zero-order valence-corrected chi connectivity index (χ0v) is 20.6. The van der Waals surface area contributed by atoms with Crippen molar-refractivity contribution in [2.75, 3.05) is 26.7 Å². The summed E-state index contributed by atoms with van der Waals surface area (Å²) in [6.07, 6.45) is 18.4. The average molecular weight is 475 g/mol. The largest absolute Gasteiger partial charge is 0.376 e. The number of likely N-dealkylation sites (tertiary alicyclic amines) is 1. The first-order valence-electron chi connectivity index (χ1n) is 12.9. The Morgan fingerprint density at radius 3 is 2.74 bits per heavy atom. The van der Waals surface area contributed by atoms with Crippen LogP contribution in [0.1, 0.15) is 56.6 Å². The number of benzene rings is 1. The fourth-order valence-electron chi connectivity index (χ4n) is 5.37. The van der Waals surface area contributed by atoms with Crippen LogP contribution in [-0.4, -0.2) is 53.7 Å². The molecule has 0 radical (unpaired) electrons. The molecule has 5 rings (SSSR count). The number of nitrogens with zero attached hydrogens (tertiary/aromatic N) is 4. The number of halogens is 1. The first kappa shape index (κ1) is 23.9. The Balaban J connectivity index is 1.35. The molecular formula is C29H35FN4O. The highest BCUT2D eigenvalue weighted by Gasteiger charge is 2.26. The molecule has 1 aromatic heterocycles. The summed E-state index contributed by atoms with van der Waals surface area (Å²) in [5, 5.41) is 4.95. The van der Waals surface area contributed by atoms with Gasteiger partial charge in [-0.25, -0.2) is 14.1 Å². The summed E-state index contributed by atoms with van der Waals surface area (Å²) in [5.41, 5.74) is 4.42. The molecule has 1 saturated heterocycles. The molecule has 2 aromatic rings. The Labute approximate surface area is 207 Å². The zero-order chi connectivity index (χ0) is 24.0. The normalized spacial score (nSPS) is 21.9. The molecule has 3 aliphatic rings. The van der Waals surface area contributed by atoms with Crippen LogP contribution in [0.25, 0.3) is 17.1 Å². The van der Waals surface area contributed by atoms with Crippen LogP contribution in [0.15, 0.2) is 65.2 Å². The number of hydrogen-bond acceptors (Lipinski definition) is 4. The SMILES string of the molecule is COC(CN1CCCC(c2cc(-c3ccc(F)cc3)nn2C2=CCCC=N2)CC1)C1=CC=CCC1. The Hall–Kier alpha value is -2.83. The monoisotopic (exact) mass is 474 g/mol. The van der Waals surface area contributed by atoms with Crippen LogP contribution in [0.3, 0.4) is 0 Å². The van der Waals surface area contributed by atoms with E-state index in [0.717, 1.165) is 81.7 Å². The molecule has 2 atom stereocenters. The molecule has 1 aromatic carbocycles. The summed E-state index contributed by atoms with van der Waals surface area (Å²) in [4.78, 5) is 7.22. The van der Waals surface area contributed by atoms with Gasteiger partial charge in [-0.15, -0.1) is 0 Å². The van der Waals surface area contributed by atoms with Crippen LogP contribution in [0.4, 0.5) is 4.39 Å². The lowest BCUT2D eigenvalue weighted by atomic mass is 9.96. The van der Waals surface area contributed by atoms with E-state index in [4.69, 9.17) is 9.84 Å². The van der Waals surface area contributed by atoms with Crippen LogP contribution >= 0.6 is 0 Å². The molecule has 0 amide bonds. The molecule has 0 bridgehead atoms. The molecule has 0 spiro atoms. The maximum atomic E-state index is 13.5. The van der Waals surface area contributed by atoms with E-state index in [1.54, 1.807) is 12.1 Å². The van der Waals surface area contributed by atoms with E-state index >= 15 is 0 Å². The van der Waals surface area contributed by atoms with Crippen molar-refractivity contribution in [1.82, 2.24) is 14.7 Å². The van der Waals surface area contributed by atoms with Gasteiger partial charge in [0, 0.05) is 37.0 Å². The van der Waals surface area contributed by atoms with E-state index < -0.39 is 0 Å². The highest BCUT2D eigenvalue weighted by Crippen LogP contribution is 2.34. The molecule has 1 aliphatic carbocycles. The van der Waals surface area contributed by atoms with E-state index in [0.29, 0.717) is 5.92 Å². The summed E-state index contributed by atoms with van der Waals surface area (Å²) >= 11 is 0. The second kappa shape index (κ2) is 11.3. The van der Waals surface area contributed by atoms with Gasteiger partial charge in [-0.05, 0) is 100 Å². The third-order valence-corrected chi connectivity index (χ3v) is 7.35. The van der Waals surface area contributed by atoms with E-state index in [9.17, 15) is 4.39 Å². The van der Waals surface area contributed by atoms with Crippen molar-refractivity contribution < 1.29 is 9.13 Å². The van der Waals surface area contributed by atoms with Crippen molar-refractivity contribution in [3.05, 3.63) is 71.7 Å². The van der Waals surface area contributed by atoms with Gasteiger partial charge in [0.15, 0.2) is 0 Å². The summed E-state index contributed by atoms with van der Waals surface area (Å²) in [5.74, 6) is 1.07. The minimum absolute atomic E-state index is 0.161. The van der Waals surface area contributed by atoms with Crippen LogP contribution in [0, 0.1) is 5.82 Å². The number of rotatable bonds is 7. The van der Waals surface area contributed by atoms with Gasteiger partial charge in [-0.3, -0.25) is 0 Å². The summed E-state index contributed by atoms with van der Waals surface area (Å²) < 4.78 is 21.4. The summed E-state index contributed by atoms with van der Waals surface area (Å²) in [6, 6.07) is 8.80. The molecule has 0 saturated carbocycles. The molecule has 3 heterocycles. The van der Waals surface area contributed by atoms with E-state index in [1.807, 2.05) is 18.0 Å². The number of methoxy groups -OCH3 is 1. The van der Waals surface area contributed by atoms with Crippen molar-refractivity contribution in [2.45, 2.75) is 57.0 Å². The Bertz CT molecular complexity index is 1130. The number of ether oxygens (including phenoxy) is 1. The van der Waals surface area contributed by atoms with Gasteiger partial charge in [0.2, 0.25) is 0 Å². The lowest BCUT2D eigenvalue weighted by molar-refractivity contribution is 0.0872. The second-order valence-electron chi connectivity index (χ2n) is 9.69. The first-order chi connectivity index (χ1) is 17.2. The van der Waals surface area contributed by atoms with Gasteiger partial charge >= 0.3 is 0 Å². The van der Waals surface area contributed by atoms with Crippen molar-refractivity contribution >= 4 is 12.0 Å². The minimum atomic E-state index is -0.230. The average Bonchev–Trinajstić information content (AvgIpc) is 3.22. The molecular weight excluding hydrogens is 439 g/mol. The smallest absolute Gasteiger partial charge is 0.149 e. The lowest BCUT2D eigenvalue weighted by Crippen LogP contribution is -2.35. The topological polar surface area (TPSA) is 42.6 Å². The molecule has 2 unspecified atom stereocenters. The third-order valence-electron chi connectivity index (χ3n) is 7.35. The highest BCUT2D eigenvalue weighted by atomic mass is 19.1. The van der Waals surface area contributed by atoms with Crippen molar-refractivity contribution in [2.24, 2.45) is 4.99 Å². The lowest BCUT2D eigenvalue weighted by Gasteiger charge is -2.28. The van der Waals surface area contributed by atoms with Crippen LogP contribution in [-0.2, 0) is 4.74 Å². The molecule has 1 fully saturated rings. The van der Waals surface area contributed by atoms with E-state index in [-0.39, 0.29) is 11.9 Å². The Kier molecular flexibility index (Phi) is 7.69. The van der Waals surface area contributed by atoms with E-state index in [2.05, 4.69) is 40.3 Å². The summed E-state index contributed by atoms with van der Waals surface area (Å²) in [6.45, 7) is 3.06. The minimum Gasteiger partial charge on any atom is -0.376 e. The van der Waals surface area contributed by atoms with Gasteiger partial charge in [-0.1, -0.05) is 18.2 Å². The standard InChI is InChI=1S/C29H35FN4O/c1-35-28(24-8-3-2-4-9-24)21-33-18-7-10-23(16-19-33)27-20-26(22-12-14-25(30)15-13-22)32-34(27)29-11-5-6-17-31-29/h2-3,8,11-15,17,20,23,28H,4-7,9-10,16,18-19,21H2,1H3. The zero-order valence-electron chi connectivity index (χ0n) is 20.6. The Morgan fingerprint density at radius 2 is 2.00 bits per heavy atom. The number of aromatic nitrogens is 2. The van der Waals surface area contributed by atoms with Crippen molar-refractivity contribution in [3.8, 4) is 11.3 Å². The molecule has 184 valence electrons.